The maximum Gasteiger partial charge on any atom is 0.155 e. The molecule has 0 aromatic carbocycles. The number of pyridine rings is 1. The van der Waals surface area contributed by atoms with Crippen molar-refractivity contribution in [2.45, 2.75) is 0 Å². The molecule has 0 aliphatic carbocycles. The molecule has 0 atom stereocenters. The molecular weight excluding hydrogens is 186 g/mol. The van der Waals surface area contributed by atoms with Crippen LogP contribution >= 0.6 is 11.6 Å². The summed E-state index contributed by atoms with van der Waals surface area (Å²) in [5, 5.41) is 7.69. The van der Waals surface area contributed by atoms with Crippen LogP contribution in [-0.4, -0.2) is 21.1 Å². The molecule has 0 saturated carbocycles. The molecule has 0 amide bonds. The fraction of sp³-hybridized carbons (Fsp3) is 0.111. The number of halogens is 1. The Kier molecular flexibility index (Phi) is 2.27. The number of nitrogens with one attached hydrogen (secondary N) is 1. The minimum absolute atomic E-state index is 0.517. The summed E-state index contributed by atoms with van der Waals surface area (Å²) < 4.78 is 0. The lowest BCUT2D eigenvalue weighted by Crippen LogP contribution is -1.78. The summed E-state index contributed by atoms with van der Waals surface area (Å²) in [7, 11) is 0. The molecule has 0 aliphatic heterocycles. The highest BCUT2D eigenvalue weighted by Gasteiger charge is 1.95. The van der Waals surface area contributed by atoms with Gasteiger partial charge in [-0.2, -0.15) is 5.10 Å². The second-order valence-corrected chi connectivity index (χ2v) is 2.94. The van der Waals surface area contributed by atoms with Crippen LogP contribution in [0.2, 0.25) is 0 Å². The minimum atomic E-state index is 0.517. The Bertz CT molecular complexity index is 433. The van der Waals surface area contributed by atoms with E-state index in [2.05, 4.69) is 15.2 Å². The van der Waals surface area contributed by atoms with Crippen LogP contribution in [0.1, 0.15) is 5.56 Å². The maximum atomic E-state index is 5.52. The lowest BCUT2D eigenvalue weighted by atomic mass is 10.2. The van der Waals surface area contributed by atoms with Gasteiger partial charge in [0.15, 0.2) is 5.65 Å². The van der Waals surface area contributed by atoms with Gasteiger partial charge in [0.05, 0.1) is 6.20 Å². The van der Waals surface area contributed by atoms with Crippen LogP contribution in [0, 0.1) is 0 Å². The molecular formula is C9H8ClN3. The molecule has 2 aromatic rings. The summed E-state index contributed by atoms with van der Waals surface area (Å²) in [4.78, 5) is 4.18. The van der Waals surface area contributed by atoms with Gasteiger partial charge in [0.25, 0.3) is 0 Å². The molecule has 13 heavy (non-hydrogen) atoms. The van der Waals surface area contributed by atoms with Gasteiger partial charge in [0.2, 0.25) is 0 Å². The number of hydrogen-bond acceptors (Lipinski definition) is 2. The van der Waals surface area contributed by atoms with E-state index in [4.69, 9.17) is 11.6 Å². The van der Waals surface area contributed by atoms with E-state index in [0.29, 0.717) is 5.88 Å². The van der Waals surface area contributed by atoms with E-state index >= 15 is 0 Å². The van der Waals surface area contributed by atoms with Crippen LogP contribution < -0.4 is 0 Å². The van der Waals surface area contributed by atoms with Gasteiger partial charge >= 0.3 is 0 Å². The highest BCUT2D eigenvalue weighted by molar-refractivity contribution is 6.19. The highest BCUT2D eigenvalue weighted by Crippen LogP contribution is 2.10. The van der Waals surface area contributed by atoms with Crippen molar-refractivity contribution in [2.75, 3.05) is 5.88 Å². The predicted molar refractivity (Wildman–Crippen MR) is 53.6 cm³/mol. The molecule has 0 radical (unpaired) electrons. The van der Waals surface area contributed by atoms with Gasteiger partial charge in [-0.1, -0.05) is 12.2 Å². The third-order valence-electron chi connectivity index (χ3n) is 1.71. The van der Waals surface area contributed by atoms with Crippen molar-refractivity contribution in [1.29, 1.82) is 0 Å². The van der Waals surface area contributed by atoms with Crippen LogP contribution in [0.25, 0.3) is 17.1 Å². The van der Waals surface area contributed by atoms with Gasteiger partial charge < -0.3 is 0 Å². The third kappa shape index (κ3) is 1.70. The summed E-state index contributed by atoms with van der Waals surface area (Å²) in [5.74, 6) is 0.517. The fourth-order valence-corrected chi connectivity index (χ4v) is 1.21. The topological polar surface area (TPSA) is 41.6 Å². The van der Waals surface area contributed by atoms with E-state index in [0.717, 1.165) is 16.6 Å². The summed E-state index contributed by atoms with van der Waals surface area (Å²) in [6, 6.07) is 2.01. The number of allylic oxidation sites excluding steroid dienone is 1. The zero-order valence-electron chi connectivity index (χ0n) is 6.87. The molecule has 4 heteroatoms. The van der Waals surface area contributed by atoms with E-state index < -0.39 is 0 Å². The number of H-pyrrole nitrogens is 1. The Hall–Kier alpha value is -1.35. The number of nitrogens with zero attached hydrogens (tertiary/aromatic N) is 2. The number of fused-ring (bicyclic) bond motifs is 1. The Morgan fingerprint density at radius 3 is 3.23 bits per heavy atom. The molecule has 0 aliphatic rings. The summed E-state index contributed by atoms with van der Waals surface area (Å²) in [6.07, 6.45) is 7.35. The molecule has 0 unspecified atom stereocenters. The van der Waals surface area contributed by atoms with E-state index in [9.17, 15) is 0 Å². The Morgan fingerprint density at radius 1 is 1.46 bits per heavy atom. The zero-order chi connectivity index (χ0) is 9.10. The van der Waals surface area contributed by atoms with Crippen LogP contribution in [0.3, 0.4) is 0 Å². The number of aromatic nitrogens is 3. The number of rotatable bonds is 2. The first-order chi connectivity index (χ1) is 6.40. The van der Waals surface area contributed by atoms with Crippen molar-refractivity contribution >= 4 is 28.7 Å². The maximum absolute atomic E-state index is 5.52. The Labute approximate surface area is 80.4 Å². The van der Waals surface area contributed by atoms with E-state index in [-0.39, 0.29) is 0 Å². The molecule has 0 fully saturated rings. The molecule has 1 N–H and O–H groups in total. The van der Waals surface area contributed by atoms with Crippen molar-refractivity contribution in [3.8, 4) is 0 Å². The standard InChI is InChI=1S/C9H8ClN3/c10-3-1-2-7-4-8-6-12-13-9(8)11-5-7/h1-2,4-6H,3H2,(H,11,12,13). The first-order valence-corrected chi connectivity index (χ1v) is 4.45. The van der Waals surface area contributed by atoms with E-state index in [1.807, 2.05) is 18.2 Å². The third-order valence-corrected chi connectivity index (χ3v) is 1.89. The summed E-state index contributed by atoms with van der Waals surface area (Å²) in [6.45, 7) is 0. The molecule has 2 rings (SSSR count). The molecule has 0 spiro atoms. The van der Waals surface area contributed by atoms with Gasteiger partial charge in [-0.05, 0) is 11.6 Å². The molecule has 2 aromatic heterocycles. The van der Waals surface area contributed by atoms with Crippen molar-refractivity contribution in [3.63, 3.8) is 0 Å². The molecule has 0 bridgehead atoms. The van der Waals surface area contributed by atoms with Crippen LogP contribution in [0.15, 0.2) is 24.5 Å². The quantitative estimate of drug-likeness (QED) is 0.743. The fourth-order valence-electron chi connectivity index (χ4n) is 1.13. The molecule has 2 heterocycles. The highest BCUT2D eigenvalue weighted by atomic mass is 35.5. The minimum Gasteiger partial charge on any atom is -0.261 e. The van der Waals surface area contributed by atoms with Crippen molar-refractivity contribution in [2.24, 2.45) is 0 Å². The monoisotopic (exact) mass is 193 g/mol. The zero-order valence-corrected chi connectivity index (χ0v) is 7.62. The van der Waals surface area contributed by atoms with Gasteiger partial charge in [0, 0.05) is 17.5 Å². The van der Waals surface area contributed by atoms with Crippen LogP contribution in [-0.2, 0) is 0 Å². The predicted octanol–water partition coefficient (Wildman–Crippen LogP) is 2.21. The van der Waals surface area contributed by atoms with Gasteiger partial charge in [-0.25, -0.2) is 4.98 Å². The Morgan fingerprint density at radius 2 is 2.38 bits per heavy atom. The second kappa shape index (κ2) is 3.58. The molecule has 66 valence electrons. The smallest absolute Gasteiger partial charge is 0.155 e. The first kappa shape index (κ1) is 8.26. The Balaban J connectivity index is 2.42. The van der Waals surface area contributed by atoms with Gasteiger partial charge in [-0.15, -0.1) is 11.6 Å². The van der Waals surface area contributed by atoms with Crippen molar-refractivity contribution in [3.05, 3.63) is 30.1 Å². The average molecular weight is 194 g/mol. The van der Waals surface area contributed by atoms with Crippen LogP contribution in [0.4, 0.5) is 0 Å². The number of hydrogen-bond donors (Lipinski definition) is 1. The van der Waals surface area contributed by atoms with Crippen molar-refractivity contribution < 1.29 is 0 Å². The van der Waals surface area contributed by atoms with Gasteiger partial charge in [-0.3, -0.25) is 5.10 Å². The van der Waals surface area contributed by atoms with Crippen LogP contribution in [0.5, 0.6) is 0 Å². The molecule has 0 saturated heterocycles. The summed E-state index contributed by atoms with van der Waals surface area (Å²) >= 11 is 5.52. The normalized spacial score (nSPS) is 11.5. The van der Waals surface area contributed by atoms with E-state index in [1.54, 1.807) is 12.4 Å². The summed E-state index contributed by atoms with van der Waals surface area (Å²) in [5.41, 5.74) is 1.84. The second-order valence-electron chi connectivity index (χ2n) is 2.63. The number of aromatic amines is 1. The molecule has 3 nitrogen and oxygen atoms in total. The largest absolute Gasteiger partial charge is 0.261 e. The SMILES string of the molecule is ClCC=Cc1cnc2[nH]ncc2c1. The first-order valence-electron chi connectivity index (χ1n) is 3.92. The van der Waals surface area contributed by atoms with Crippen molar-refractivity contribution in [1.82, 2.24) is 15.2 Å². The lowest BCUT2D eigenvalue weighted by Gasteiger charge is -1.91. The lowest BCUT2D eigenvalue weighted by molar-refractivity contribution is 1.10. The average Bonchev–Trinajstić information content (AvgIpc) is 2.61. The van der Waals surface area contributed by atoms with E-state index in [1.165, 1.54) is 0 Å². The van der Waals surface area contributed by atoms with Gasteiger partial charge in [0.1, 0.15) is 0 Å². The number of alkyl halides is 1.